The van der Waals surface area contributed by atoms with Crippen molar-refractivity contribution in [2.24, 2.45) is 0 Å². The molecule has 0 saturated carbocycles. The fraction of sp³-hybridized carbons (Fsp3) is 0.500. The van der Waals surface area contributed by atoms with Gasteiger partial charge in [0.05, 0.1) is 5.60 Å². The number of thioether (sulfide) groups is 1. The minimum Gasteiger partial charge on any atom is -0.388 e. The summed E-state index contributed by atoms with van der Waals surface area (Å²) in [6, 6.07) is 6.51. The number of aliphatic hydroxyl groups is 1. The van der Waals surface area contributed by atoms with Crippen LogP contribution in [0, 0.1) is 5.82 Å². The molecule has 0 bridgehead atoms. The first-order valence-electron chi connectivity index (χ1n) is 5.19. The van der Waals surface area contributed by atoms with Gasteiger partial charge in [0, 0.05) is 11.7 Å². The van der Waals surface area contributed by atoms with Gasteiger partial charge in [-0.25, -0.2) is 4.39 Å². The van der Waals surface area contributed by atoms with Crippen LogP contribution in [0.3, 0.4) is 0 Å². The van der Waals surface area contributed by atoms with E-state index in [-0.39, 0.29) is 11.1 Å². The van der Waals surface area contributed by atoms with Gasteiger partial charge in [0.15, 0.2) is 0 Å². The first kappa shape index (κ1) is 11.0. The van der Waals surface area contributed by atoms with Gasteiger partial charge in [-0.2, -0.15) is 11.8 Å². The molecule has 1 N–H and O–H groups in total. The zero-order chi connectivity index (χ0) is 10.9. The van der Waals surface area contributed by atoms with Crippen molar-refractivity contribution in [1.82, 2.24) is 0 Å². The van der Waals surface area contributed by atoms with E-state index in [1.165, 1.54) is 12.1 Å². The topological polar surface area (TPSA) is 20.2 Å². The molecular weight excluding hydrogens is 211 g/mol. The number of hydrogen-bond acceptors (Lipinski definition) is 2. The molecule has 0 radical (unpaired) electrons. The third-order valence-corrected chi connectivity index (χ3v) is 4.44. The summed E-state index contributed by atoms with van der Waals surface area (Å²) in [5, 5.41) is 10.6. The molecule has 3 heteroatoms. The van der Waals surface area contributed by atoms with Crippen molar-refractivity contribution in [2.75, 3.05) is 5.75 Å². The second kappa shape index (κ2) is 4.14. The van der Waals surface area contributed by atoms with E-state index in [4.69, 9.17) is 0 Å². The minimum atomic E-state index is -0.654. The molecular formula is C12H15FOS. The molecule has 2 atom stereocenters. The molecule has 1 aromatic carbocycles. The van der Waals surface area contributed by atoms with E-state index in [0.29, 0.717) is 6.42 Å². The van der Waals surface area contributed by atoms with E-state index in [9.17, 15) is 9.50 Å². The van der Waals surface area contributed by atoms with Crippen molar-refractivity contribution in [3.05, 3.63) is 35.6 Å². The Morgan fingerprint density at radius 3 is 3.00 bits per heavy atom. The van der Waals surface area contributed by atoms with Crippen molar-refractivity contribution in [1.29, 1.82) is 0 Å². The lowest BCUT2D eigenvalue weighted by Gasteiger charge is -2.26. The molecule has 15 heavy (non-hydrogen) atoms. The van der Waals surface area contributed by atoms with E-state index in [2.05, 4.69) is 0 Å². The second-order valence-corrected chi connectivity index (χ2v) is 5.62. The summed E-state index contributed by atoms with van der Waals surface area (Å²) in [5.74, 6) is 0.766. The number of rotatable bonds is 2. The zero-order valence-electron chi connectivity index (χ0n) is 8.74. The summed E-state index contributed by atoms with van der Waals surface area (Å²) >= 11 is 1.78. The molecule has 0 aliphatic carbocycles. The van der Waals surface area contributed by atoms with Crippen LogP contribution in [0.2, 0.25) is 0 Å². The van der Waals surface area contributed by atoms with Crippen LogP contribution in [0.4, 0.5) is 4.39 Å². The highest BCUT2D eigenvalue weighted by Gasteiger charge is 2.38. The molecule has 1 saturated heterocycles. The number of hydrogen-bond donors (Lipinski definition) is 1. The van der Waals surface area contributed by atoms with Crippen LogP contribution in [0.5, 0.6) is 0 Å². The van der Waals surface area contributed by atoms with Crippen LogP contribution in [-0.2, 0) is 6.42 Å². The quantitative estimate of drug-likeness (QED) is 0.836. The smallest absolute Gasteiger partial charge is 0.123 e. The van der Waals surface area contributed by atoms with Crippen LogP contribution >= 0.6 is 11.8 Å². The minimum absolute atomic E-state index is 0.227. The lowest BCUT2D eigenvalue weighted by atomic mass is 9.89. The van der Waals surface area contributed by atoms with Crippen molar-refractivity contribution >= 4 is 11.8 Å². The predicted octanol–water partition coefficient (Wildman–Crippen LogP) is 2.62. The molecule has 0 amide bonds. The second-order valence-electron chi connectivity index (χ2n) is 4.17. The van der Waals surface area contributed by atoms with Crippen LogP contribution in [-0.4, -0.2) is 21.7 Å². The highest BCUT2D eigenvalue weighted by Crippen LogP contribution is 2.37. The van der Waals surface area contributed by atoms with Crippen LogP contribution in [0.1, 0.15) is 18.9 Å². The fourth-order valence-electron chi connectivity index (χ4n) is 2.00. The maximum Gasteiger partial charge on any atom is 0.123 e. The van der Waals surface area contributed by atoms with Crippen molar-refractivity contribution in [3.63, 3.8) is 0 Å². The van der Waals surface area contributed by atoms with Crippen molar-refractivity contribution in [3.8, 4) is 0 Å². The lowest BCUT2D eigenvalue weighted by Crippen LogP contribution is -2.36. The van der Waals surface area contributed by atoms with E-state index in [1.54, 1.807) is 17.8 Å². The zero-order valence-corrected chi connectivity index (χ0v) is 9.56. The van der Waals surface area contributed by atoms with Gasteiger partial charge < -0.3 is 5.11 Å². The normalized spacial score (nSPS) is 30.7. The largest absolute Gasteiger partial charge is 0.388 e. The first-order chi connectivity index (χ1) is 7.10. The average Bonchev–Trinajstić information content (AvgIpc) is 2.47. The van der Waals surface area contributed by atoms with Crippen LogP contribution in [0.15, 0.2) is 24.3 Å². The summed E-state index contributed by atoms with van der Waals surface area (Å²) < 4.78 is 13.0. The van der Waals surface area contributed by atoms with Gasteiger partial charge in [-0.3, -0.25) is 0 Å². The standard InChI is InChI=1S/C12H15FOS/c1-9-12(14,5-6-15-9)8-10-3-2-4-11(13)7-10/h2-4,7,9,14H,5-6,8H2,1H3. The fourth-order valence-corrected chi connectivity index (χ4v) is 3.34. The molecule has 1 aliphatic heterocycles. The van der Waals surface area contributed by atoms with Gasteiger partial charge in [-0.15, -0.1) is 0 Å². The summed E-state index contributed by atoms with van der Waals surface area (Å²) in [7, 11) is 0. The molecule has 2 rings (SSSR count). The molecule has 2 unspecified atom stereocenters. The Balaban J connectivity index is 2.14. The predicted molar refractivity (Wildman–Crippen MR) is 61.6 cm³/mol. The Kier molecular flexibility index (Phi) is 3.03. The van der Waals surface area contributed by atoms with E-state index < -0.39 is 5.60 Å². The van der Waals surface area contributed by atoms with E-state index in [0.717, 1.165) is 17.7 Å². The average molecular weight is 226 g/mol. The maximum absolute atomic E-state index is 13.0. The highest BCUT2D eigenvalue weighted by molar-refractivity contribution is 8.00. The Morgan fingerprint density at radius 1 is 1.60 bits per heavy atom. The molecule has 1 heterocycles. The summed E-state index contributed by atoms with van der Waals surface area (Å²) in [6.45, 7) is 2.04. The molecule has 1 fully saturated rings. The summed E-state index contributed by atoms with van der Waals surface area (Å²) in [4.78, 5) is 0. The third-order valence-electron chi connectivity index (χ3n) is 3.06. The van der Waals surface area contributed by atoms with Gasteiger partial charge in [0.25, 0.3) is 0 Å². The SMILES string of the molecule is CC1SCCC1(O)Cc1cccc(F)c1. The van der Waals surface area contributed by atoms with Gasteiger partial charge in [-0.05, 0) is 29.9 Å². The Hall–Kier alpha value is -0.540. The van der Waals surface area contributed by atoms with Crippen LogP contribution < -0.4 is 0 Å². The Morgan fingerprint density at radius 2 is 2.40 bits per heavy atom. The van der Waals surface area contributed by atoms with E-state index >= 15 is 0 Å². The molecule has 1 aliphatic rings. The summed E-state index contributed by atoms with van der Waals surface area (Å²) in [5.41, 5.74) is 0.227. The van der Waals surface area contributed by atoms with Gasteiger partial charge >= 0.3 is 0 Å². The molecule has 0 spiro atoms. The Bertz CT molecular complexity index is 355. The van der Waals surface area contributed by atoms with Gasteiger partial charge in [0.2, 0.25) is 0 Å². The summed E-state index contributed by atoms with van der Waals surface area (Å²) in [6.07, 6.45) is 1.36. The van der Waals surface area contributed by atoms with Crippen molar-refractivity contribution in [2.45, 2.75) is 30.6 Å². The van der Waals surface area contributed by atoms with Gasteiger partial charge in [-0.1, -0.05) is 19.1 Å². The molecule has 0 aromatic heterocycles. The lowest BCUT2D eigenvalue weighted by molar-refractivity contribution is 0.0464. The Labute approximate surface area is 93.7 Å². The molecule has 1 nitrogen and oxygen atoms in total. The maximum atomic E-state index is 13.0. The van der Waals surface area contributed by atoms with Crippen molar-refractivity contribution < 1.29 is 9.50 Å². The number of halogens is 1. The van der Waals surface area contributed by atoms with Gasteiger partial charge in [0.1, 0.15) is 5.82 Å². The highest BCUT2D eigenvalue weighted by atomic mass is 32.2. The number of benzene rings is 1. The first-order valence-corrected chi connectivity index (χ1v) is 6.23. The van der Waals surface area contributed by atoms with Crippen LogP contribution in [0.25, 0.3) is 0 Å². The third kappa shape index (κ3) is 2.34. The molecule has 82 valence electrons. The molecule has 1 aromatic rings. The van der Waals surface area contributed by atoms with E-state index in [1.807, 2.05) is 13.0 Å². The monoisotopic (exact) mass is 226 g/mol.